The van der Waals surface area contributed by atoms with Crippen LogP contribution in [-0.2, 0) is 34.3 Å². The highest BCUT2D eigenvalue weighted by atomic mass is 16.5. The summed E-state index contributed by atoms with van der Waals surface area (Å²) in [5.74, 6) is -0.391. The average Bonchev–Trinajstić information content (AvgIpc) is 3.26. The van der Waals surface area contributed by atoms with Crippen molar-refractivity contribution >= 4 is 17.9 Å². The molecule has 1 atom stereocenters. The molecule has 1 unspecified atom stereocenters. The number of pyridine rings is 1. The first-order valence-corrected chi connectivity index (χ1v) is 14.1. The van der Waals surface area contributed by atoms with Gasteiger partial charge < -0.3 is 14.5 Å². The Hall–Kier alpha value is -4.56. The summed E-state index contributed by atoms with van der Waals surface area (Å²) < 4.78 is 7.02. The fourth-order valence-corrected chi connectivity index (χ4v) is 4.90. The van der Waals surface area contributed by atoms with Gasteiger partial charge in [0, 0.05) is 69.8 Å². The van der Waals surface area contributed by atoms with Crippen LogP contribution >= 0.6 is 0 Å². The Bertz CT molecular complexity index is 1500. The third-order valence-electron chi connectivity index (χ3n) is 7.45. The van der Waals surface area contributed by atoms with Crippen LogP contribution in [0.25, 0.3) is 17.3 Å². The number of benzene rings is 2. The van der Waals surface area contributed by atoms with Gasteiger partial charge in [-0.05, 0) is 43.2 Å². The molecule has 4 aromatic rings. The molecule has 0 saturated carbocycles. The number of nitrogens with zero attached hydrogens (tertiary/aromatic N) is 5. The van der Waals surface area contributed by atoms with Gasteiger partial charge in [-0.15, -0.1) is 0 Å². The predicted molar refractivity (Wildman–Crippen MR) is 165 cm³/mol. The van der Waals surface area contributed by atoms with E-state index in [4.69, 9.17) is 4.74 Å². The van der Waals surface area contributed by atoms with Crippen LogP contribution in [0.5, 0.6) is 0 Å². The minimum absolute atomic E-state index is 0.142. The molecule has 8 heteroatoms. The number of hydrogen-bond donors (Lipinski definition) is 0. The number of methoxy groups -OCH3 is 1. The summed E-state index contributed by atoms with van der Waals surface area (Å²) in [6.07, 6.45) is 5.50. The molecule has 2 aromatic heterocycles. The van der Waals surface area contributed by atoms with Crippen LogP contribution in [0.1, 0.15) is 28.1 Å². The average molecular weight is 566 g/mol. The maximum Gasteiger partial charge on any atom is 0.247 e. The topological polar surface area (TPSA) is 80.6 Å². The Labute approximate surface area is 248 Å². The van der Waals surface area contributed by atoms with Gasteiger partial charge in [-0.1, -0.05) is 60.7 Å². The molecule has 0 aliphatic heterocycles. The van der Waals surface area contributed by atoms with Crippen molar-refractivity contribution in [1.82, 2.24) is 24.6 Å². The van der Waals surface area contributed by atoms with Gasteiger partial charge in [0.15, 0.2) is 0 Å². The van der Waals surface area contributed by atoms with Crippen LogP contribution in [0.3, 0.4) is 0 Å². The standard InChI is InChI=1S/C34H39N5O3/c1-25-30(26(2)38(4)36-25)18-19-33(40)39(24-28-14-16-29(17-15-28)31-13-9-10-20-35-31)32(23-27-11-7-6-8-12-27)34(41)37(3)21-22-42-5/h6-20,32H,21-24H2,1-5H3. The molecule has 0 spiro atoms. The van der Waals surface area contributed by atoms with E-state index in [2.05, 4.69) is 10.1 Å². The Kier molecular flexibility index (Phi) is 10.4. The number of rotatable bonds is 12. The maximum atomic E-state index is 14.0. The molecule has 0 saturated heterocycles. The monoisotopic (exact) mass is 565 g/mol. The summed E-state index contributed by atoms with van der Waals surface area (Å²) >= 11 is 0. The molecule has 0 radical (unpaired) electrons. The van der Waals surface area contributed by atoms with E-state index in [1.54, 1.807) is 47.0 Å². The van der Waals surface area contributed by atoms with E-state index in [0.29, 0.717) is 19.6 Å². The summed E-state index contributed by atoms with van der Waals surface area (Å²) in [4.78, 5) is 35.7. The van der Waals surface area contributed by atoms with Crippen molar-refractivity contribution in [3.63, 3.8) is 0 Å². The lowest BCUT2D eigenvalue weighted by molar-refractivity contribution is -0.143. The van der Waals surface area contributed by atoms with Crippen LogP contribution in [0.4, 0.5) is 0 Å². The van der Waals surface area contributed by atoms with Crippen molar-refractivity contribution in [3.05, 3.63) is 113 Å². The number of aromatic nitrogens is 3. The maximum absolute atomic E-state index is 14.0. The van der Waals surface area contributed by atoms with Gasteiger partial charge >= 0.3 is 0 Å². The van der Waals surface area contributed by atoms with Crippen molar-refractivity contribution in [3.8, 4) is 11.3 Å². The zero-order valence-corrected chi connectivity index (χ0v) is 25.0. The highest BCUT2D eigenvalue weighted by Gasteiger charge is 2.31. The molecule has 4 rings (SSSR count). The highest BCUT2D eigenvalue weighted by molar-refractivity contribution is 5.96. The van der Waals surface area contributed by atoms with E-state index in [0.717, 1.165) is 39.3 Å². The molecule has 2 heterocycles. The Balaban J connectivity index is 1.71. The van der Waals surface area contributed by atoms with Gasteiger partial charge in [0.2, 0.25) is 11.8 Å². The fourth-order valence-electron chi connectivity index (χ4n) is 4.90. The highest BCUT2D eigenvalue weighted by Crippen LogP contribution is 2.21. The van der Waals surface area contributed by atoms with Gasteiger partial charge in [-0.25, -0.2) is 0 Å². The molecule has 0 bridgehead atoms. The largest absolute Gasteiger partial charge is 0.383 e. The molecule has 0 aliphatic carbocycles. The van der Waals surface area contributed by atoms with Crippen molar-refractivity contribution in [2.75, 3.05) is 27.3 Å². The number of carbonyl (C=O) groups excluding carboxylic acids is 2. The quantitative estimate of drug-likeness (QED) is 0.229. The zero-order valence-electron chi connectivity index (χ0n) is 25.0. The molecule has 218 valence electrons. The number of amides is 2. The molecule has 42 heavy (non-hydrogen) atoms. The van der Waals surface area contributed by atoms with Gasteiger partial charge in [0.25, 0.3) is 0 Å². The second kappa shape index (κ2) is 14.4. The fraction of sp³-hybridized carbons (Fsp3) is 0.294. The molecule has 0 N–H and O–H groups in total. The van der Waals surface area contributed by atoms with E-state index in [9.17, 15) is 9.59 Å². The van der Waals surface area contributed by atoms with Crippen LogP contribution in [0, 0.1) is 13.8 Å². The van der Waals surface area contributed by atoms with Gasteiger partial charge in [-0.3, -0.25) is 19.3 Å². The number of ether oxygens (including phenoxy) is 1. The lowest BCUT2D eigenvalue weighted by atomic mass is 10.0. The van der Waals surface area contributed by atoms with Crippen LogP contribution < -0.4 is 0 Å². The van der Waals surface area contributed by atoms with Gasteiger partial charge in [-0.2, -0.15) is 5.10 Å². The van der Waals surface area contributed by atoms with Crippen molar-refractivity contribution in [2.24, 2.45) is 7.05 Å². The first-order chi connectivity index (χ1) is 20.3. The van der Waals surface area contributed by atoms with Crippen molar-refractivity contribution < 1.29 is 14.3 Å². The summed E-state index contributed by atoms with van der Waals surface area (Å²) in [5, 5.41) is 4.47. The second-order valence-electron chi connectivity index (χ2n) is 10.4. The minimum Gasteiger partial charge on any atom is -0.383 e. The molecule has 8 nitrogen and oxygen atoms in total. The summed E-state index contributed by atoms with van der Waals surface area (Å²) in [6, 6.07) is 22.8. The molecule has 2 aromatic carbocycles. The third kappa shape index (κ3) is 7.59. The molecule has 2 amide bonds. The SMILES string of the molecule is COCCN(C)C(=O)C(Cc1ccccc1)N(Cc1ccc(-c2ccccn2)cc1)C(=O)C=Cc1c(C)nn(C)c1C. The number of aryl methyl sites for hydroxylation is 2. The normalized spacial score (nSPS) is 11.9. The van der Waals surface area contributed by atoms with E-state index >= 15 is 0 Å². The summed E-state index contributed by atoms with van der Waals surface area (Å²) in [6.45, 7) is 4.98. The van der Waals surface area contributed by atoms with Gasteiger partial charge in [0.05, 0.1) is 18.0 Å². The van der Waals surface area contributed by atoms with E-state index in [1.807, 2.05) is 93.7 Å². The molecular weight excluding hydrogens is 526 g/mol. The molecule has 0 aliphatic rings. The van der Waals surface area contributed by atoms with E-state index in [-0.39, 0.29) is 18.4 Å². The number of carbonyl (C=O) groups is 2. The minimum atomic E-state index is -0.724. The molecule has 0 fully saturated rings. The smallest absolute Gasteiger partial charge is 0.247 e. The Morgan fingerprint density at radius 2 is 1.69 bits per heavy atom. The van der Waals surface area contributed by atoms with Crippen molar-refractivity contribution in [1.29, 1.82) is 0 Å². The van der Waals surface area contributed by atoms with Crippen molar-refractivity contribution in [2.45, 2.75) is 32.9 Å². The molecular formula is C34H39N5O3. The van der Waals surface area contributed by atoms with Crippen LogP contribution in [-0.4, -0.2) is 69.7 Å². The van der Waals surface area contributed by atoms with Gasteiger partial charge in [0.1, 0.15) is 6.04 Å². The number of hydrogen-bond acceptors (Lipinski definition) is 5. The Morgan fingerprint density at radius 1 is 0.976 bits per heavy atom. The first kappa shape index (κ1) is 30.4. The van der Waals surface area contributed by atoms with Crippen LogP contribution in [0.15, 0.2) is 85.1 Å². The first-order valence-electron chi connectivity index (χ1n) is 14.1. The lowest BCUT2D eigenvalue weighted by Gasteiger charge is -2.33. The third-order valence-corrected chi connectivity index (χ3v) is 7.45. The predicted octanol–water partition coefficient (Wildman–Crippen LogP) is 4.86. The summed E-state index contributed by atoms with van der Waals surface area (Å²) in [5.41, 5.74) is 6.44. The number of likely N-dealkylation sites (N-methyl/N-ethyl adjacent to an activating group) is 1. The van der Waals surface area contributed by atoms with Crippen LogP contribution in [0.2, 0.25) is 0 Å². The van der Waals surface area contributed by atoms with E-state index in [1.165, 1.54) is 0 Å². The Morgan fingerprint density at radius 3 is 2.31 bits per heavy atom. The lowest BCUT2D eigenvalue weighted by Crippen LogP contribution is -2.51. The zero-order chi connectivity index (χ0) is 30.1. The summed E-state index contributed by atoms with van der Waals surface area (Å²) in [7, 11) is 5.24. The van der Waals surface area contributed by atoms with E-state index < -0.39 is 6.04 Å². The second-order valence-corrected chi connectivity index (χ2v) is 10.4.